The second-order valence-corrected chi connectivity index (χ2v) is 10.8. The average Bonchev–Trinajstić information content (AvgIpc) is 2.82. The van der Waals surface area contributed by atoms with Crippen LogP contribution in [0.3, 0.4) is 0 Å². The van der Waals surface area contributed by atoms with E-state index in [1.807, 2.05) is 13.8 Å². The number of unbranched alkanes of at least 4 members (excludes halogenated alkanes) is 2. The van der Waals surface area contributed by atoms with Crippen LogP contribution in [0.15, 0.2) is 36.4 Å². The van der Waals surface area contributed by atoms with Gasteiger partial charge >= 0.3 is 212 Å². The van der Waals surface area contributed by atoms with Gasteiger partial charge in [-0.2, -0.15) is 0 Å². The molecule has 0 bridgehead atoms. The van der Waals surface area contributed by atoms with E-state index in [4.69, 9.17) is 18.9 Å². The Balaban J connectivity index is 2.23. The molecule has 5 heteroatoms. The first-order chi connectivity index (χ1) is 16.2. The summed E-state index contributed by atoms with van der Waals surface area (Å²) in [7, 11) is 0. The minimum atomic E-state index is -0.386. The normalized spacial score (nSPS) is 11.2. The van der Waals surface area contributed by atoms with Gasteiger partial charge in [-0.3, -0.25) is 0 Å². The third-order valence-electron chi connectivity index (χ3n) is 5.20. The fraction of sp³-hybridized carbons (Fsp3) is 0.571. The summed E-state index contributed by atoms with van der Waals surface area (Å²) < 4.78 is 26.2. The van der Waals surface area contributed by atoms with Gasteiger partial charge in [0.1, 0.15) is 0 Å². The summed E-state index contributed by atoms with van der Waals surface area (Å²) >= 11 is -0.386. The van der Waals surface area contributed by atoms with Gasteiger partial charge in [-0.25, -0.2) is 0 Å². The number of rotatable bonds is 18. The molecule has 0 spiro atoms. The van der Waals surface area contributed by atoms with E-state index in [1.165, 1.54) is 18.3 Å². The van der Waals surface area contributed by atoms with Crippen LogP contribution in [0.1, 0.15) is 64.5 Å². The average molecular weight is 570 g/mol. The maximum atomic E-state index is 6.26. The molecule has 0 N–H and O–H groups in total. The van der Waals surface area contributed by atoms with Crippen molar-refractivity contribution >= 4 is 0 Å². The molecule has 186 valence electrons. The Morgan fingerprint density at radius 2 is 1.33 bits per heavy atom. The van der Waals surface area contributed by atoms with Gasteiger partial charge in [0.25, 0.3) is 0 Å². The first kappa shape index (κ1) is 27.9. The summed E-state index contributed by atoms with van der Waals surface area (Å²) in [5.41, 5.74) is 2.61. The predicted molar refractivity (Wildman–Crippen MR) is 131 cm³/mol. The van der Waals surface area contributed by atoms with Crippen molar-refractivity contribution in [2.24, 2.45) is 0 Å². The molecule has 0 unspecified atom stereocenters. The Labute approximate surface area is 211 Å². The van der Waals surface area contributed by atoms with Gasteiger partial charge in [0.05, 0.1) is 0 Å². The zero-order valence-electron chi connectivity index (χ0n) is 21.0. The molecule has 0 fully saturated rings. The summed E-state index contributed by atoms with van der Waals surface area (Å²) in [4.78, 5) is 0. The summed E-state index contributed by atoms with van der Waals surface area (Å²) in [6, 6.07) is 13.3. The third kappa shape index (κ3) is 10.7. The van der Waals surface area contributed by atoms with Crippen molar-refractivity contribution in [1.29, 1.82) is 0 Å². The van der Waals surface area contributed by atoms with E-state index in [-0.39, 0.29) is 21.2 Å². The molecule has 0 saturated heterocycles. The van der Waals surface area contributed by atoms with E-state index >= 15 is 0 Å². The summed E-state index contributed by atoms with van der Waals surface area (Å²) in [5, 5.41) is 0. The Hall–Kier alpha value is -1.31. The van der Waals surface area contributed by atoms with Crippen LogP contribution < -0.4 is 30.7 Å². The summed E-state index contributed by atoms with van der Waals surface area (Å²) in [6.45, 7) is 13.0. The number of hydrogen-bond donors (Lipinski definition) is 0. The molecule has 33 heavy (non-hydrogen) atoms. The second-order valence-electron chi connectivity index (χ2n) is 7.91. The monoisotopic (exact) mass is 569 g/mol. The Morgan fingerprint density at radius 1 is 0.667 bits per heavy atom. The molecule has 0 saturated carbocycles. The molecule has 2 aromatic rings. The molecular formula is C28H42IO4-. The van der Waals surface area contributed by atoms with E-state index in [0.29, 0.717) is 0 Å². The molecule has 0 aliphatic carbocycles. The van der Waals surface area contributed by atoms with Gasteiger partial charge < -0.3 is 0 Å². The van der Waals surface area contributed by atoms with Crippen LogP contribution in [0.4, 0.5) is 0 Å². The number of ether oxygens (including phenoxy) is 4. The van der Waals surface area contributed by atoms with Crippen molar-refractivity contribution in [3.05, 3.63) is 54.7 Å². The van der Waals surface area contributed by atoms with Crippen molar-refractivity contribution < 1.29 is 40.2 Å². The molecule has 0 heterocycles. The van der Waals surface area contributed by atoms with Gasteiger partial charge in [0.2, 0.25) is 0 Å². The molecule has 0 radical (unpaired) electrons. The zero-order valence-corrected chi connectivity index (χ0v) is 23.1. The van der Waals surface area contributed by atoms with Crippen molar-refractivity contribution in [2.75, 3.05) is 39.6 Å². The molecule has 0 aromatic heterocycles. The van der Waals surface area contributed by atoms with Crippen molar-refractivity contribution in [3.8, 4) is 11.5 Å². The van der Waals surface area contributed by atoms with Crippen molar-refractivity contribution in [3.63, 3.8) is 0 Å². The van der Waals surface area contributed by atoms with E-state index in [0.717, 1.165) is 89.7 Å². The van der Waals surface area contributed by atoms with E-state index in [9.17, 15) is 0 Å². The maximum absolute atomic E-state index is 6.26. The van der Waals surface area contributed by atoms with Gasteiger partial charge in [-0.05, 0) is 0 Å². The number of benzene rings is 2. The van der Waals surface area contributed by atoms with Crippen LogP contribution in [0.2, 0.25) is 0 Å². The van der Waals surface area contributed by atoms with Gasteiger partial charge in [0.15, 0.2) is 0 Å². The molecular weight excluding hydrogens is 527 g/mol. The Kier molecular flexibility index (Phi) is 14.5. The van der Waals surface area contributed by atoms with Gasteiger partial charge in [-0.1, -0.05) is 0 Å². The predicted octanol–water partition coefficient (Wildman–Crippen LogP) is 3.33. The van der Waals surface area contributed by atoms with E-state index in [1.54, 1.807) is 0 Å². The fourth-order valence-electron chi connectivity index (χ4n) is 3.25. The van der Waals surface area contributed by atoms with E-state index < -0.39 is 0 Å². The Bertz CT molecular complexity index is 728. The molecule has 2 aromatic carbocycles. The van der Waals surface area contributed by atoms with Crippen LogP contribution in [0, 0.1) is 7.14 Å². The summed E-state index contributed by atoms with van der Waals surface area (Å²) in [6.07, 6.45) is 6.26. The SMILES string of the molecule is CCCCOc1ccc([I-]c2ccc(CCOCC)cc2OCCCC)c(CCOCC)c1. The Morgan fingerprint density at radius 3 is 2.03 bits per heavy atom. The van der Waals surface area contributed by atoms with Gasteiger partial charge in [-0.15, -0.1) is 0 Å². The fourth-order valence-corrected chi connectivity index (χ4v) is 5.94. The third-order valence-corrected chi connectivity index (χ3v) is 8.30. The van der Waals surface area contributed by atoms with Gasteiger partial charge in [0, 0.05) is 0 Å². The van der Waals surface area contributed by atoms with E-state index in [2.05, 4.69) is 50.2 Å². The topological polar surface area (TPSA) is 36.9 Å². The van der Waals surface area contributed by atoms with Crippen LogP contribution in [-0.4, -0.2) is 39.6 Å². The first-order valence-electron chi connectivity index (χ1n) is 12.5. The minimum absolute atomic E-state index is 0.386. The standard InChI is InChI=1S/C28H42IO4/c1-5-9-17-32-25-12-14-26(24(22-25)16-20-31-8-4)29-27-13-11-23(15-19-30-7-3)21-28(27)33-18-10-6-2/h11-14,21-22H,5-10,15-20H2,1-4H3/q-1. The van der Waals surface area contributed by atoms with Crippen LogP contribution in [-0.2, 0) is 22.3 Å². The van der Waals surface area contributed by atoms with Crippen LogP contribution >= 0.6 is 0 Å². The van der Waals surface area contributed by atoms with Crippen LogP contribution in [0.25, 0.3) is 0 Å². The first-order valence-corrected chi connectivity index (χ1v) is 14.7. The molecule has 0 atom stereocenters. The summed E-state index contributed by atoms with van der Waals surface area (Å²) in [5.74, 6) is 2.01. The van der Waals surface area contributed by atoms with Crippen molar-refractivity contribution in [1.82, 2.24) is 0 Å². The second kappa shape index (κ2) is 17.2. The molecule has 0 aliphatic rings. The van der Waals surface area contributed by atoms with Crippen LogP contribution in [0.5, 0.6) is 11.5 Å². The van der Waals surface area contributed by atoms with Crippen molar-refractivity contribution in [2.45, 2.75) is 66.2 Å². The molecule has 0 amide bonds. The molecule has 4 nitrogen and oxygen atoms in total. The molecule has 2 rings (SSSR count). The zero-order chi connectivity index (χ0) is 23.7. The molecule has 0 aliphatic heterocycles. The quantitative estimate of drug-likeness (QED) is 0.204. The number of hydrogen-bond acceptors (Lipinski definition) is 4. The number of halogens is 1.